The lowest BCUT2D eigenvalue weighted by atomic mass is 10.2. The second-order valence-corrected chi connectivity index (χ2v) is 5.90. The first-order valence-electron chi connectivity index (χ1n) is 6.73. The van der Waals surface area contributed by atoms with Crippen LogP contribution in [0.2, 0.25) is 0 Å². The van der Waals surface area contributed by atoms with E-state index in [-0.39, 0.29) is 5.11 Å². The highest BCUT2D eigenvalue weighted by atomic mass is 32.2. The minimum absolute atomic E-state index is 0.276. The third kappa shape index (κ3) is 7.28. The molecule has 0 aliphatic rings. The van der Waals surface area contributed by atoms with Crippen molar-refractivity contribution in [2.75, 3.05) is 23.9 Å². The molecule has 0 spiro atoms. The van der Waals surface area contributed by atoms with Crippen LogP contribution in [0.4, 0.5) is 5.69 Å². The number of rotatable bonds is 5. The maximum absolute atomic E-state index is 11.7. The first-order valence-corrected chi connectivity index (χ1v) is 8.54. The van der Waals surface area contributed by atoms with Crippen molar-refractivity contribution in [1.82, 2.24) is 16.2 Å². The molecule has 2 amide bonds. The van der Waals surface area contributed by atoms with Gasteiger partial charge >= 0.3 is 11.8 Å². The molecule has 1 rings (SSSR count). The molecule has 0 bridgehead atoms. The van der Waals surface area contributed by atoms with Gasteiger partial charge in [-0.15, -0.1) is 0 Å². The number of carbonyl (C=O) groups excluding carboxylic acids is 2. The summed E-state index contributed by atoms with van der Waals surface area (Å²) >= 11 is 6.73. The molecule has 0 saturated heterocycles. The van der Waals surface area contributed by atoms with Crippen LogP contribution in [0.3, 0.4) is 0 Å². The van der Waals surface area contributed by atoms with Gasteiger partial charge in [0.15, 0.2) is 5.11 Å². The normalized spacial score (nSPS) is 9.73. The van der Waals surface area contributed by atoms with Crippen molar-refractivity contribution < 1.29 is 9.59 Å². The van der Waals surface area contributed by atoms with Gasteiger partial charge in [-0.05, 0) is 49.7 Å². The molecule has 6 nitrogen and oxygen atoms in total. The number of anilines is 1. The average Bonchev–Trinajstić information content (AvgIpc) is 2.51. The molecule has 0 heterocycles. The number of carbonyl (C=O) groups is 2. The smallest absolute Gasteiger partial charge is 0.328 e. The van der Waals surface area contributed by atoms with Crippen molar-refractivity contribution in [2.45, 2.75) is 13.3 Å². The molecule has 4 N–H and O–H groups in total. The molecular formula is C14H20N4O2S2. The predicted molar refractivity (Wildman–Crippen MR) is 94.7 cm³/mol. The number of hydrogen-bond acceptors (Lipinski definition) is 4. The summed E-state index contributed by atoms with van der Waals surface area (Å²) in [6.45, 7) is 2.65. The topological polar surface area (TPSA) is 82.3 Å². The highest BCUT2D eigenvalue weighted by molar-refractivity contribution is 7.98. The van der Waals surface area contributed by atoms with Crippen molar-refractivity contribution in [1.29, 1.82) is 0 Å². The summed E-state index contributed by atoms with van der Waals surface area (Å²) in [5.74, 6) is -0.545. The largest absolute Gasteiger partial charge is 0.361 e. The van der Waals surface area contributed by atoms with Crippen LogP contribution in [0.1, 0.15) is 12.0 Å². The third-order valence-corrected chi connectivity index (χ3v) is 3.56. The Morgan fingerprint density at radius 3 is 2.45 bits per heavy atom. The number of aryl methyl sites for hydroxylation is 1. The molecule has 0 unspecified atom stereocenters. The maximum atomic E-state index is 11.7. The molecule has 22 heavy (non-hydrogen) atoms. The Morgan fingerprint density at radius 1 is 1.14 bits per heavy atom. The SMILES string of the molecule is CSCCCNC(=S)NNC(=O)C(=O)Nc1ccc(C)cc1. The van der Waals surface area contributed by atoms with E-state index in [1.54, 1.807) is 23.9 Å². The van der Waals surface area contributed by atoms with Crippen LogP contribution in [-0.4, -0.2) is 35.5 Å². The van der Waals surface area contributed by atoms with Gasteiger partial charge in [-0.2, -0.15) is 11.8 Å². The second-order valence-electron chi connectivity index (χ2n) is 4.50. The molecule has 120 valence electrons. The standard InChI is InChI=1S/C14H20N4O2S2/c1-10-4-6-11(7-5-10)16-12(19)13(20)17-18-14(21)15-8-3-9-22-2/h4-7H,3,8-9H2,1-2H3,(H,16,19)(H,17,20)(H2,15,18,21). The van der Waals surface area contributed by atoms with Gasteiger partial charge in [0.2, 0.25) is 0 Å². The number of nitrogens with one attached hydrogen (secondary N) is 4. The van der Waals surface area contributed by atoms with E-state index in [0.717, 1.165) is 17.7 Å². The van der Waals surface area contributed by atoms with Crippen molar-refractivity contribution in [3.05, 3.63) is 29.8 Å². The third-order valence-electron chi connectivity index (χ3n) is 2.62. The number of thioether (sulfide) groups is 1. The molecule has 0 saturated carbocycles. The lowest BCUT2D eigenvalue weighted by molar-refractivity contribution is -0.136. The Kier molecular flexibility index (Phi) is 8.31. The fraction of sp³-hybridized carbons (Fsp3) is 0.357. The molecule has 0 radical (unpaired) electrons. The van der Waals surface area contributed by atoms with E-state index in [2.05, 4.69) is 21.5 Å². The maximum Gasteiger partial charge on any atom is 0.328 e. The van der Waals surface area contributed by atoms with Gasteiger partial charge in [0.25, 0.3) is 0 Å². The fourth-order valence-corrected chi connectivity index (χ4v) is 2.04. The minimum atomic E-state index is -0.811. The number of benzene rings is 1. The van der Waals surface area contributed by atoms with Crippen LogP contribution >= 0.6 is 24.0 Å². The summed E-state index contributed by atoms with van der Waals surface area (Å²) in [4.78, 5) is 23.3. The summed E-state index contributed by atoms with van der Waals surface area (Å²) in [5.41, 5.74) is 6.36. The van der Waals surface area contributed by atoms with Crippen molar-refractivity contribution in [3.63, 3.8) is 0 Å². The molecule has 0 aliphatic heterocycles. The van der Waals surface area contributed by atoms with Crippen LogP contribution in [0.25, 0.3) is 0 Å². The zero-order valence-corrected chi connectivity index (χ0v) is 14.2. The summed E-state index contributed by atoms with van der Waals surface area (Å²) in [5, 5.41) is 5.70. The quantitative estimate of drug-likeness (QED) is 0.279. The van der Waals surface area contributed by atoms with E-state index in [0.29, 0.717) is 12.2 Å². The van der Waals surface area contributed by atoms with Gasteiger partial charge < -0.3 is 10.6 Å². The predicted octanol–water partition coefficient (Wildman–Crippen LogP) is 1.18. The monoisotopic (exact) mass is 340 g/mol. The summed E-state index contributed by atoms with van der Waals surface area (Å²) in [6.07, 6.45) is 2.99. The molecular weight excluding hydrogens is 320 g/mol. The summed E-state index contributed by atoms with van der Waals surface area (Å²) in [7, 11) is 0. The molecule has 8 heteroatoms. The van der Waals surface area contributed by atoms with E-state index >= 15 is 0 Å². The van der Waals surface area contributed by atoms with Crippen LogP contribution in [-0.2, 0) is 9.59 Å². The van der Waals surface area contributed by atoms with Crippen LogP contribution in [0.15, 0.2) is 24.3 Å². The van der Waals surface area contributed by atoms with Crippen LogP contribution < -0.4 is 21.5 Å². The fourth-order valence-electron chi connectivity index (χ4n) is 1.46. The van der Waals surface area contributed by atoms with Gasteiger partial charge in [-0.1, -0.05) is 17.7 Å². The molecule has 0 aromatic heterocycles. The summed E-state index contributed by atoms with van der Waals surface area (Å²) < 4.78 is 0. The van der Waals surface area contributed by atoms with E-state index in [1.165, 1.54) is 0 Å². The number of amides is 2. The Balaban J connectivity index is 2.27. The van der Waals surface area contributed by atoms with Crippen molar-refractivity contribution in [3.8, 4) is 0 Å². The van der Waals surface area contributed by atoms with Crippen LogP contribution in [0, 0.1) is 6.92 Å². The van der Waals surface area contributed by atoms with Gasteiger partial charge in [-0.3, -0.25) is 20.4 Å². The van der Waals surface area contributed by atoms with E-state index in [4.69, 9.17) is 12.2 Å². The Bertz CT molecular complexity index is 520. The number of hydrazine groups is 1. The first kappa shape index (κ1) is 18.2. The van der Waals surface area contributed by atoms with Gasteiger partial charge in [0, 0.05) is 12.2 Å². The zero-order chi connectivity index (χ0) is 16.4. The highest BCUT2D eigenvalue weighted by Gasteiger charge is 2.13. The van der Waals surface area contributed by atoms with Crippen molar-refractivity contribution in [2.24, 2.45) is 0 Å². The first-order chi connectivity index (χ1) is 10.5. The number of hydrogen-bond donors (Lipinski definition) is 4. The molecule has 1 aromatic carbocycles. The molecule has 1 aromatic rings. The molecule has 0 atom stereocenters. The lowest BCUT2D eigenvalue weighted by Crippen LogP contribution is -2.50. The molecule has 0 aliphatic carbocycles. The molecule has 0 fully saturated rings. The zero-order valence-electron chi connectivity index (χ0n) is 12.6. The Morgan fingerprint density at radius 2 is 1.82 bits per heavy atom. The van der Waals surface area contributed by atoms with Crippen molar-refractivity contribution >= 4 is 46.6 Å². The number of thiocarbonyl (C=S) groups is 1. The van der Waals surface area contributed by atoms with E-state index < -0.39 is 11.8 Å². The van der Waals surface area contributed by atoms with E-state index in [9.17, 15) is 9.59 Å². The van der Waals surface area contributed by atoms with Crippen LogP contribution in [0.5, 0.6) is 0 Å². The average molecular weight is 340 g/mol. The van der Waals surface area contributed by atoms with E-state index in [1.807, 2.05) is 25.3 Å². The van der Waals surface area contributed by atoms with Gasteiger partial charge in [0.1, 0.15) is 0 Å². The second kappa shape index (κ2) is 10.0. The highest BCUT2D eigenvalue weighted by Crippen LogP contribution is 2.07. The Hall–Kier alpha value is -1.80. The lowest BCUT2D eigenvalue weighted by Gasteiger charge is -2.11. The van der Waals surface area contributed by atoms with Gasteiger partial charge in [-0.25, -0.2) is 0 Å². The van der Waals surface area contributed by atoms with Gasteiger partial charge in [0.05, 0.1) is 0 Å². The summed E-state index contributed by atoms with van der Waals surface area (Å²) in [6, 6.07) is 7.15. The minimum Gasteiger partial charge on any atom is -0.361 e. The Labute approximate surface area is 139 Å².